The van der Waals surface area contributed by atoms with Crippen molar-refractivity contribution < 1.29 is 17.9 Å². The zero-order valence-electron chi connectivity index (χ0n) is 15.6. The highest BCUT2D eigenvalue weighted by Gasteiger charge is 2.25. The predicted octanol–water partition coefficient (Wildman–Crippen LogP) is 4.48. The SMILES string of the molecule is CS(=O)(=O)c1ccc(C(CNc2ncc(F)s2)CC2CCC(O)CC2)cc1Cl. The largest absolute Gasteiger partial charge is 0.393 e. The predicted molar refractivity (Wildman–Crippen MR) is 110 cm³/mol. The van der Waals surface area contributed by atoms with Crippen molar-refractivity contribution in [2.45, 2.75) is 49.0 Å². The van der Waals surface area contributed by atoms with Crippen LogP contribution >= 0.6 is 22.9 Å². The van der Waals surface area contributed by atoms with Gasteiger partial charge in [-0.3, -0.25) is 0 Å². The molecule has 9 heteroatoms. The maximum absolute atomic E-state index is 13.2. The summed E-state index contributed by atoms with van der Waals surface area (Å²) in [5.74, 6) is 0.537. The molecule has 1 aromatic carbocycles. The number of halogens is 2. The van der Waals surface area contributed by atoms with Crippen LogP contribution in [0.5, 0.6) is 0 Å². The van der Waals surface area contributed by atoms with Crippen LogP contribution in [0.15, 0.2) is 29.3 Å². The Morgan fingerprint density at radius 2 is 2.07 bits per heavy atom. The van der Waals surface area contributed by atoms with Crippen molar-refractivity contribution in [2.24, 2.45) is 5.92 Å². The van der Waals surface area contributed by atoms with E-state index in [4.69, 9.17) is 11.6 Å². The average molecular weight is 447 g/mol. The molecule has 0 radical (unpaired) electrons. The fourth-order valence-corrected chi connectivity index (χ4v) is 5.63. The van der Waals surface area contributed by atoms with E-state index in [-0.39, 0.29) is 27.1 Å². The summed E-state index contributed by atoms with van der Waals surface area (Å²) in [4.78, 5) is 4.11. The summed E-state index contributed by atoms with van der Waals surface area (Å²) < 4.78 is 36.9. The summed E-state index contributed by atoms with van der Waals surface area (Å²) >= 11 is 7.20. The van der Waals surface area contributed by atoms with Crippen LogP contribution in [0.4, 0.5) is 9.52 Å². The van der Waals surface area contributed by atoms with E-state index in [1.165, 1.54) is 6.20 Å². The fourth-order valence-electron chi connectivity index (χ4n) is 3.74. The monoisotopic (exact) mass is 446 g/mol. The second-order valence-corrected chi connectivity index (χ2v) is 10.8. The third kappa shape index (κ3) is 5.65. The Bertz CT molecular complexity index is 912. The Morgan fingerprint density at radius 1 is 1.36 bits per heavy atom. The molecule has 5 nitrogen and oxygen atoms in total. The number of aromatic nitrogens is 1. The van der Waals surface area contributed by atoms with Gasteiger partial charge in [-0.15, -0.1) is 0 Å². The van der Waals surface area contributed by atoms with E-state index in [2.05, 4.69) is 10.3 Å². The lowest BCUT2D eigenvalue weighted by atomic mass is 9.79. The summed E-state index contributed by atoms with van der Waals surface area (Å²) in [5.41, 5.74) is 0.938. The highest BCUT2D eigenvalue weighted by Crippen LogP contribution is 2.35. The molecule has 1 atom stereocenters. The minimum Gasteiger partial charge on any atom is -0.393 e. The molecule has 1 fully saturated rings. The van der Waals surface area contributed by atoms with Crippen molar-refractivity contribution >= 4 is 37.9 Å². The number of hydrogen-bond donors (Lipinski definition) is 2. The normalized spacial score (nSPS) is 21.4. The number of hydrogen-bond acceptors (Lipinski definition) is 6. The van der Waals surface area contributed by atoms with Crippen molar-refractivity contribution in [2.75, 3.05) is 18.1 Å². The third-order valence-electron chi connectivity index (χ3n) is 5.24. The second-order valence-electron chi connectivity index (χ2n) is 7.42. The van der Waals surface area contributed by atoms with Gasteiger partial charge in [-0.05, 0) is 55.7 Å². The summed E-state index contributed by atoms with van der Waals surface area (Å²) in [6.07, 6.45) is 6.50. The molecule has 0 spiro atoms. The minimum absolute atomic E-state index is 0.0679. The molecule has 1 aromatic heterocycles. The van der Waals surface area contributed by atoms with Crippen LogP contribution in [0.25, 0.3) is 0 Å². The molecule has 1 saturated carbocycles. The Labute approximate surface area is 173 Å². The molecule has 154 valence electrons. The zero-order chi connectivity index (χ0) is 20.3. The molecule has 1 heterocycles. The van der Waals surface area contributed by atoms with Crippen molar-refractivity contribution in [1.82, 2.24) is 4.98 Å². The van der Waals surface area contributed by atoms with Gasteiger partial charge >= 0.3 is 0 Å². The summed E-state index contributed by atoms with van der Waals surface area (Å²) in [7, 11) is -3.39. The molecule has 0 saturated heterocycles. The fraction of sp³-hybridized carbons (Fsp3) is 0.526. The zero-order valence-corrected chi connectivity index (χ0v) is 18.0. The molecular formula is C19H24ClFN2O3S2. The number of thiazole rings is 1. The van der Waals surface area contributed by atoms with Crippen LogP contribution < -0.4 is 5.32 Å². The smallest absolute Gasteiger partial charge is 0.198 e. The lowest BCUT2D eigenvalue weighted by Crippen LogP contribution is -2.22. The molecule has 28 heavy (non-hydrogen) atoms. The van der Waals surface area contributed by atoms with Gasteiger partial charge in [-0.25, -0.2) is 13.4 Å². The van der Waals surface area contributed by atoms with Gasteiger partial charge in [-0.2, -0.15) is 4.39 Å². The Kier molecular flexibility index (Phi) is 6.96. The maximum atomic E-state index is 13.2. The molecule has 0 aliphatic heterocycles. The van der Waals surface area contributed by atoms with Gasteiger partial charge in [0.1, 0.15) is 0 Å². The van der Waals surface area contributed by atoms with Gasteiger partial charge in [0.05, 0.1) is 22.2 Å². The number of sulfone groups is 1. The van der Waals surface area contributed by atoms with E-state index < -0.39 is 9.84 Å². The van der Waals surface area contributed by atoms with Gasteiger partial charge in [0.2, 0.25) is 0 Å². The van der Waals surface area contributed by atoms with E-state index in [1.54, 1.807) is 18.2 Å². The quantitative estimate of drug-likeness (QED) is 0.655. The molecule has 3 rings (SSSR count). The molecule has 0 bridgehead atoms. The molecular weight excluding hydrogens is 423 g/mol. The molecule has 2 N–H and O–H groups in total. The van der Waals surface area contributed by atoms with Crippen LogP contribution in [0, 0.1) is 11.0 Å². The molecule has 1 aliphatic carbocycles. The second kappa shape index (κ2) is 9.07. The first-order valence-corrected chi connectivity index (χ1v) is 12.3. The van der Waals surface area contributed by atoms with Gasteiger partial charge in [0, 0.05) is 18.7 Å². The third-order valence-corrected chi connectivity index (χ3v) is 7.56. The molecule has 1 unspecified atom stereocenters. The van der Waals surface area contributed by atoms with E-state index >= 15 is 0 Å². The van der Waals surface area contributed by atoms with Crippen molar-refractivity contribution in [3.05, 3.63) is 40.1 Å². The average Bonchev–Trinajstić information content (AvgIpc) is 3.04. The van der Waals surface area contributed by atoms with Crippen LogP contribution in [-0.2, 0) is 9.84 Å². The van der Waals surface area contributed by atoms with Gasteiger partial charge in [0.25, 0.3) is 0 Å². The molecule has 2 aromatic rings. The summed E-state index contributed by atoms with van der Waals surface area (Å²) in [6.45, 7) is 0.542. The number of aliphatic hydroxyl groups is 1. The topological polar surface area (TPSA) is 79.3 Å². The van der Waals surface area contributed by atoms with E-state index in [0.29, 0.717) is 17.6 Å². The highest BCUT2D eigenvalue weighted by molar-refractivity contribution is 7.90. The number of nitrogens with zero attached hydrogens (tertiary/aromatic N) is 1. The standard InChI is InChI=1S/C19H24ClFN2O3S2/c1-28(25,26)17-7-4-13(9-16(17)20)14(8-12-2-5-15(24)6-3-12)10-22-19-23-11-18(21)27-19/h4,7,9,11-12,14-15,24H,2-3,5-6,8,10H2,1H3,(H,22,23). The van der Waals surface area contributed by atoms with E-state index in [9.17, 15) is 17.9 Å². The minimum atomic E-state index is -3.39. The first kappa shape index (κ1) is 21.5. The van der Waals surface area contributed by atoms with Gasteiger partial charge in [0.15, 0.2) is 20.1 Å². The highest BCUT2D eigenvalue weighted by atomic mass is 35.5. The Morgan fingerprint density at radius 3 is 2.64 bits per heavy atom. The lowest BCUT2D eigenvalue weighted by Gasteiger charge is -2.29. The van der Waals surface area contributed by atoms with Crippen LogP contribution in [0.2, 0.25) is 5.02 Å². The van der Waals surface area contributed by atoms with Crippen molar-refractivity contribution in [3.63, 3.8) is 0 Å². The first-order valence-electron chi connectivity index (χ1n) is 9.25. The summed E-state index contributed by atoms with van der Waals surface area (Å²) in [6, 6.07) is 5.06. The van der Waals surface area contributed by atoms with Gasteiger partial charge in [-0.1, -0.05) is 29.0 Å². The summed E-state index contributed by atoms with van der Waals surface area (Å²) in [5, 5.41) is 13.3. The van der Waals surface area contributed by atoms with E-state index in [0.717, 1.165) is 55.3 Å². The Hall–Kier alpha value is -1.22. The van der Waals surface area contributed by atoms with Crippen molar-refractivity contribution in [3.8, 4) is 0 Å². The first-order chi connectivity index (χ1) is 13.2. The van der Waals surface area contributed by atoms with E-state index in [1.807, 2.05) is 0 Å². The number of anilines is 1. The number of benzene rings is 1. The number of aliphatic hydroxyl groups excluding tert-OH is 1. The Balaban J connectivity index is 1.79. The van der Waals surface area contributed by atoms with Crippen LogP contribution in [0.3, 0.4) is 0 Å². The molecule has 1 aliphatic rings. The number of nitrogens with one attached hydrogen (secondary N) is 1. The molecule has 0 amide bonds. The maximum Gasteiger partial charge on any atom is 0.198 e. The van der Waals surface area contributed by atoms with Crippen LogP contribution in [0.1, 0.15) is 43.6 Å². The van der Waals surface area contributed by atoms with Gasteiger partial charge < -0.3 is 10.4 Å². The van der Waals surface area contributed by atoms with Crippen molar-refractivity contribution in [1.29, 1.82) is 0 Å². The van der Waals surface area contributed by atoms with Crippen LogP contribution in [-0.4, -0.2) is 37.4 Å². The number of rotatable bonds is 7. The lowest BCUT2D eigenvalue weighted by molar-refractivity contribution is 0.105.